The summed E-state index contributed by atoms with van der Waals surface area (Å²) in [6.07, 6.45) is 0. The van der Waals surface area contributed by atoms with Crippen LogP contribution in [0.3, 0.4) is 0 Å². The molecule has 6 nitrogen and oxygen atoms in total. The molecule has 0 aliphatic carbocycles. The first-order valence-electron chi connectivity index (χ1n) is 5.65. The van der Waals surface area contributed by atoms with Gasteiger partial charge in [0.05, 0.1) is 23.7 Å². The quantitative estimate of drug-likeness (QED) is 0.628. The number of hydrogen-bond acceptors (Lipinski definition) is 5. The van der Waals surface area contributed by atoms with Crippen LogP contribution in [-0.2, 0) is 0 Å². The first-order chi connectivity index (χ1) is 9.65. The fourth-order valence-electron chi connectivity index (χ4n) is 1.64. The highest BCUT2D eigenvalue weighted by Crippen LogP contribution is 2.36. The van der Waals surface area contributed by atoms with Crippen molar-refractivity contribution in [1.29, 1.82) is 5.26 Å². The van der Waals surface area contributed by atoms with E-state index in [1.165, 1.54) is 25.3 Å². The molecule has 0 unspecified atom stereocenters. The summed E-state index contributed by atoms with van der Waals surface area (Å²) in [6.45, 7) is 0. The summed E-state index contributed by atoms with van der Waals surface area (Å²) >= 11 is 0. The van der Waals surface area contributed by atoms with Gasteiger partial charge in [-0.1, -0.05) is 12.1 Å². The average Bonchev–Trinajstić information content (AvgIpc) is 2.48. The molecule has 100 valence electrons. The zero-order valence-electron chi connectivity index (χ0n) is 10.6. The van der Waals surface area contributed by atoms with Crippen molar-refractivity contribution in [2.75, 3.05) is 7.11 Å². The van der Waals surface area contributed by atoms with Crippen molar-refractivity contribution >= 4 is 5.69 Å². The van der Waals surface area contributed by atoms with Crippen LogP contribution < -0.4 is 9.47 Å². The average molecular weight is 270 g/mol. The summed E-state index contributed by atoms with van der Waals surface area (Å²) in [7, 11) is 1.48. The number of methoxy groups -OCH3 is 1. The monoisotopic (exact) mass is 270 g/mol. The van der Waals surface area contributed by atoms with E-state index in [-0.39, 0.29) is 17.0 Å². The Morgan fingerprint density at radius 3 is 2.45 bits per heavy atom. The molecular formula is C14H10N2O4. The summed E-state index contributed by atoms with van der Waals surface area (Å²) in [5.74, 6) is 0.882. The SMILES string of the molecule is COc1ccccc1Oc1ccc(C#N)cc1[N+](=O)[O-]. The first-order valence-corrected chi connectivity index (χ1v) is 5.65. The van der Waals surface area contributed by atoms with Gasteiger partial charge in [0.25, 0.3) is 0 Å². The van der Waals surface area contributed by atoms with Gasteiger partial charge in [-0.3, -0.25) is 10.1 Å². The molecule has 0 aliphatic rings. The van der Waals surface area contributed by atoms with Gasteiger partial charge < -0.3 is 9.47 Å². The van der Waals surface area contributed by atoms with E-state index in [0.29, 0.717) is 11.5 Å². The lowest BCUT2D eigenvalue weighted by molar-refractivity contribution is -0.385. The van der Waals surface area contributed by atoms with E-state index in [0.717, 1.165) is 0 Å². The van der Waals surface area contributed by atoms with Gasteiger partial charge >= 0.3 is 5.69 Å². The molecule has 20 heavy (non-hydrogen) atoms. The second-order valence-electron chi connectivity index (χ2n) is 3.80. The Bertz CT molecular complexity index is 692. The van der Waals surface area contributed by atoms with Crippen LogP contribution in [0.4, 0.5) is 5.69 Å². The number of nitro benzene ring substituents is 1. The Labute approximate surface area is 114 Å². The largest absolute Gasteiger partial charge is 0.493 e. The lowest BCUT2D eigenvalue weighted by Gasteiger charge is -2.10. The predicted octanol–water partition coefficient (Wildman–Crippen LogP) is 3.27. The molecule has 0 spiro atoms. The van der Waals surface area contributed by atoms with Gasteiger partial charge in [-0.05, 0) is 24.3 Å². The summed E-state index contributed by atoms with van der Waals surface area (Å²) in [6, 6.07) is 12.7. The zero-order chi connectivity index (χ0) is 14.5. The van der Waals surface area contributed by atoms with Gasteiger partial charge in [-0.2, -0.15) is 5.26 Å². The number of rotatable bonds is 4. The topological polar surface area (TPSA) is 85.4 Å². The molecule has 0 saturated heterocycles. The lowest BCUT2D eigenvalue weighted by atomic mass is 10.2. The highest BCUT2D eigenvalue weighted by molar-refractivity contribution is 5.54. The molecule has 2 aromatic rings. The number of nitrogens with zero attached hydrogens (tertiary/aromatic N) is 2. The van der Waals surface area contributed by atoms with Crippen molar-refractivity contribution in [2.45, 2.75) is 0 Å². The summed E-state index contributed by atoms with van der Waals surface area (Å²) in [4.78, 5) is 10.4. The molecule has 0 heterocycles. The van der Waals surface area contributed by atoms with Gasteiger partial charge in [-0.15, -0.1) is 0 Å². The minimum atomic E-state index is -0.592. The Balaban J connectivity index is 2.43. The number of ether oxygens (including phenoxy) is 2. The first kappa shape index (κ1) is 13.4. The van der Waals surface area contributed by atoms with Gasteiger partial charge in [0.1, 0.15) is 0 Å². The van der Waals surface area contributed by atoms with Crippen LogP contribution in [0.2, 0.25) is 0 Å². The molecular weight excluding hydrogens is 260 g/mol. The Kier molecular flexibility index (Phi) is 3.82. The maximum Gasteiger partial charge on any atom is 0.312 e. The fourth-order valence-corrected chi connectivity index (χ4v) is 1.64. The number of hydrogen-bond donors (Lipinski definition) is 0. The molecule has 0 N–H and O–H groups in total. The van der Waals surface area contributed by atoms with Crippen LogP contribution in [0, 0.1) is 21.4 Å². The van der Waals surface area contributed by atoms with Crippen LogP contribution in [-0.4, -0.2) is 12.0 Å². The molecule has 0 radical (unpaired) electrons. The summed E-state index contributed by atoms with van der Waals surface area (Å²) < 4.78 is 10.6. The maximum atomic E-state index is 11.0. The normalized spacial score (nSPS) is 9.60. The van der Waals surface area contributed by atoms with Crippen molar-refractivity contribution in [2.24, 2.45) is 0 Å². The molecule has 0 fully saturated rings. The van der Waals surface area contributed by atoms with Crippen LogP contribution in [0.25, 0.3) is 0 Å². The standard InChI is InChI=1S/C14H10N2O4/c1-19-13-4-2-3-5-14(13)20-12-7-6-10(9-15)8-11(12)16(17)18/h2-8H,1H3. The third-order valence-electron chi connectivity index (χ3n) is 2.57. The maximum absolute atomic E-state index is 11.0. The van der Waals surface area contributed by atoms with Crippen molar-refractivity contribution in [3.63, 3.8) is 0 Å². The third kappa shape index (κ3) is 2.67. The molecule has 0 saturated carbocycles. The number of nitriles is 1. The molecule has 0 aromatic heterocycles. The second-order valence-corrected chi connectivity index (χ2v) is 3.80. The predicted molar refractivity (Wildman–Crippen MR) is 70.9 cm³/mol. The van der Waals surface area contributed by atoms with E-state index in [2.05, 4.69) is 0 Å². The van der Waals surface area contributed by atoms with Gasteiger partial charge in [-0.25, -0.2) is 0 Å². The lowest BCUT2D eigenvalue weighted by Crippen LogP contribution is -1.95. The van der Waals surface area contributed by atoms with Gasteiger partial charge in [0, 0.05) is 6.07 Å². The van der Waals surface area contributed by atoms with E-state index < -0.39 is 4.92 Å². The molecule has 2 rings (SSSR count). The molecule has 0 atom stereocenters. The summed E-state index contributed by atoms with van der Waals surface area (Å²) in [5, 5.41) is 19.8. The highest BCUT2D eigenvalue weighted by Gasteiger charge is 2.18. The van der Waals surface area contributed by atoms with Crippen molar-refractivity contribution in [1.82, 2.24) is 0 Å². The molecule has 6 heteroatoms. The minimum absolute atomic E-state index is 0.0542. The molecule has 2 aromatic carbocycles. The smallest absolute Gasteiger partial charge is 0.312 e. The second kappa shape index (κ2) is 5.71. The van der Waals surface area contributed by atoms with Crippen molar-refractivity contribution < 1.29 is 14.4 Å². The number of nitro groups is 1. The molecule has 0 aliphatic heterocycles. The van der Waals surface area contributed by atoms with E-state index in [1.807, 2.05) is 6.07 Å². The van der Waals surface area contributed by atoms with Crippen molar-refractivity contribution in [3.05, 3.63) is 58.1 Å². The van der Waals surface area contributed by atoms with Crippen molar-refractivity contribution in [3.8, 4) is 23.3 Å². The van der Waals surface area contributed by atoms with Crippen LogP contribution >= 0.6 is 0 Å². The zero-order valence-corrected chi connectivity index (χ0v) is 10.6. The molecule has 0 amide bonds. The summed E-state index contributed by atoms with van der Waals surface area (Å²) in [5.41, 5.74) is -0.0703. The van der Waals surface area contributed by atoms with Crippen LogP contribution in [0.15, 0.2) is 42.5 Å². The van der Waals surface area contributed by atoms with E-state index in [1.54, 1.807) is 24.3 Å². The van der Waals surface area contributed by atoms with Gasteiger partial charge in [0.2, 0.25) is 5.75 Å². The van der Waals surface area contributed by atoms with Crippen LogP contribution in [0.5, 0.6) is 17.2 Å². The minimum Gasteiger partial charge on any atom is -0.493 e. The number of para-hydroxylation sites is 2. The van der Waals surface area contributed by atoms with E-state index >= 15 is 0 Å². The van der Waals surface area contributed by atoms with Crippen LogP contribution in [0.1, 0.15) is 5.56 Å². The Hall–Kier alpha value is -3.07. The fraction of sp³-hybridized carbons (Fsp3) is 0.0714. The highest BCUT2D eigenvalue weighted by atomic mass is 16.6. The third-order valence-corrected chi connectivity index (χ3v) is 2.57. The Morgan fingerprint density at radius 1 is 1.15 bits per heavy atom. The van der Waals surface area contributed by atoms with E-state index in [4.69, 9.17) is 14.7 Å². The van der Waals surface area contributed by atoms with E-state index in [9.17, 15) is 10.1 Å². The Morgan fingerprint density at radius 2 is 1.85 bits per heavy atom. The van der Waals surface area contributed by atoms with Gasteiger partial charge in [0.15, 0.2) is 11.5 Å². The molecule has 0 bridgehead atoms. The number of benzene rings is 2.